The molecule has 3 N–H and O–H groups in total. The SMILES string of the molecule is CCc1cccc(CC)c1NC(=O)c1cc2c(NC(=O)c3cccc(Cl)c3)[nH]nc2s1. The van der Waals surface area contributed by atoms with Crippen LogP contribution in [0.4, 0.5) is 11.5 Å². The van der Waals surface area contributed by atoms with E-state index in [0.717, 1.165) is 29.7 Å². The van der Waals surface area contributed by atoms with Crippen molar-refractivity contribution in [1.29, 1.82) is 0 Å². The monoisotopic (exact) mass is 452 g/mol. The molecule has 0 atom stereocenters. The summed E-state index contributed by atoms with van der Waals surface area (Å²) >= 11 is 7.24. The molecular weight excluding hydrogens is 432 g/mol. The molecule has 0 saturated carbocycles. The number of H-pyrrole nitrogens is 1. The summed E-state index contributed by atoms with van der Waals surface area (Å²) in [7, 11) is 0. The van der Waals surface area contributed by atoms with Crippen molar-refractivity contribution < 1.29 is 9.59 Å². The number of anilines is 2. The van der Waals surface area contributed by atoms with Crippen LogP contribution in [0.15, 0.2) is 48.5 Å². The first-order chi connectivity index (χ1) is 15.0. The molecule has 0 saturated heterocycles. The molecule has 8 heteroatoms. The number of carbonyl (C=O) groups is 2. The van der Waals surface area contributed by atoms with Crippen molar-refractivity contribution in [3.63, 3.8) is 0 Å². The highest BCUT2D eigenvalue weighted by Crippen LogP contribution is 2.31. The van der Waals surface area contributed by atoms with Crippen LogP contribution in [0.3, 0.4) is 0 Å². The number of carbonyl (C=O) groups excluding carboxylic acids is 2. The van der Waals surface area contributed by atoms with Gasteiger partial charge < -0.3 is 10.6 Å². The summed E-state index contributed by atoms with van der Waals surface area (Å²) in [4.78, 5) is 26.7. The molecule has 6 nitrogen and oxygen atoms in total. The summed E-state index contributed by atoms with van der Waals surface area (Å²) in [5.74, 6) is -0.0566. The number of thiophene rings is 1. The highest BCUT2D eigenvalue weighted by atomic mass is 35.5. The number of hydrogen-bond donors (Lipinski definition) is 3. The van der Waals surface area contributed by atoms with Crippen molar-refractivity contribution in [3.05, 3.63) is 75.1 Å². The van der Waals surface area contributed by atoms with Gasteiger partial charge in [-0.05, 0) is 48.2 Å². The Balaban J connectivity index is 1.58. The van der Waals surface area contributed by atoms with E-state index >= 15 is 0 Å². The first kappa shape index (κ1) is 21.1. The molecule has 0 aliphatic heterocycles. The lowest BCUT2D eigenvalue weighted by atomic mass is 10.0. The molecule has 0 unspecified atom stereocenters. The maximum atomic E-state index is 13.0. The van der Waals surface area contributed by atoms with E-state index in [1.165, 1.54) is 11.3 Å². The molecule has 2 aromatic heterocycles. The Labute approximate surface area is 188 Å². The fourth-order valence-corrected chi connectivity index (χ4v) is 4.49. The van der Waals surface area contributed by atoms with Crippen molar-refractivity contribution in [2.24, 2.45) is 0 Å². The fraction of sp³-hybridized carbons (Fsp3) is 0.174. The molecular formula is C23H21ClN4O2S. The van der Waals surface area contributed by atoms with Crippen LogP contribution in [0.1, 0.15) is 45.0 Å². The summed E-state index contributed by atoms with van der Waals surface area (Å²) in [6, 6.07) is 14.5. The lowest BCUT2D eigenvalue weighted by Gasteiger charge is -2.13. The first-order valence-corrected chi connectivity index (χ1v) is 11.2. The van der Waals surface area contributed by atoms with Crippen molar-refractivity contribution in [2.75, 3.05) is 10.6 Å². The van der Waals surface area contributed by atoms with Gasteiger partial charge in [0.25, 0.3) is 11.8 Å². The Morgan fingerprint density at radius 1 is 1.00 bits per heavy atom. The third-order valence-corrected chi connectivity index (χ3v) is 6.30. The molecule has 0 radical (unpaired) electrons. The van der Waals surface area contributed by atoms with Gasteiger partial charge in [-0.15, -0.1) is 11.3 Å². The second kappa shape index (κ2) is 8.91. The molecule has 4 rings (SSSR count). The van der Waals surface area contributed by atoms with Gasteiger partial charge in [-0.2, -0.15) is 5.10 Å². The van der Waals surface area contributed by atoms with Gasteiger partial charge in [-0.25, -0.2) is 0 Å². The average molecular weight is 453 g/mol. The predicted octanol–water partition coefficient (Wildman–Crippen LogP) is 5.91. The number of halogens is 1. The van der Waals surface area contributed by atoms with Gasteiger partial charge in [0.2, 0.25) is 0 Å². The van der Waals surface area contributed by atoms with E-state index in [-0.39, 0.29) is 11.8 Å². The minimum absolute atomic E-state index is 0.189. The zero-order valence-electron chi connectivity index (χ0n) is 17.1. The molecule has 0 bridgehead atoms. The molecule has 0 fully saturated rings. The van der Waals surface area contributed by atoms with E-state index < -0.39 is 0 Å². The molecule has 158 valence electrons. The largest absolute Gasteiger partial charge is 0.321 e. The van der Waals surface area contributed by atoms with Crippen molar-refractivity contribution in [2.45, 2.75) is 26.7 Å². The van der Waals surface area contributed by atoms with Gasteiger partial charge in [0, 0.05) is 16.3 Å². The molecule has 0 spiro atoms. The molecule has 2 aromatic carbocycles. The van der Waals surface area contributed by atoms with Crippen LogP contribution in [0.5, 0.6) is 0 Å². The number of nitrogens with one attached hydrogen (secondary N) is 3. The van der Waals surface area contributed by atoms with Crippen LogP contribution in [0.25, 0.3) is 10.2 Å². The molecule has 4 aromatic rings. The van der Waals surface area contributed by atoms with Crippen LogP contribution >= 0.6 is 22.9 Å². The van der Waals surface area contributed by atoms with Gasteiger partial charge in [-0.1, -0.05) is 49.7 Å². The number of aryl methyl sites for hydroxylation is 2. The number of aromatic amines is 1. The van der Waals surface area contributed by atoms with E-state index in [9.17, 15) is 9.59 Å². The Kier molecular flexibility index (Phi) is 6.06. The van der Waals surface area contributed by atoms with Gasteiger partial charge in [0.05, 0.1) is 10.3 Å². The number of aromatic nitrogens is 2. The maximum absolute atomic E-state index is 13.0. The van der Waals surface area contributed by atoms with E-state index in [2.05, 4.69) is 34.7 Å². The fourth-order valence-electron chi connectivity index (χ4n) is 3.41. The predicted molar refractivity (Wildman–Crippen MR) is 127 cm³/mol. The smallest absolute Gasteiger partial charge is 0.265 e. The summed E-state index contributed by atoms with van der Waals surface area (Å²) in [5.41, 5.74) is 3.51. The van der Waals surface area contributed by atoms with E-state index in [4.69, 9.17) is 11.6 Å². The summed E-state index contributed by atoms with van der Waals surface area (Å²) in [6.45, 7) is 4.14. The second-order valence-electron chi connectivity index (χ2n) is 7.01. The van der Waals surface area contributed by atoms with Crippen LogP contribution < -0.4 is 10.6 Å². The highest BCUT2D eigenvalue weighted by molar-refractivity contribution is 7.20. The standard InChI is InChI=1S/C23H21ClN4O2S/c1-3-13-7-5-8-14(4-2)19(13)25-22(30)18-12-17-20(27-28-23(17)31-18)26-21(29)15-9-6-10-16(24)11-15/h5-12H,3-4H2,1-2H3,(H,25,30)(H2,26,27,28,29). The first-order valence-electron chi connectivity index (χ1n) is 9.97. The van der Waals surface area contributed by atoms with Gasteiger partial charge in [0.15, 0.2) is 0 Å². The Morgan fingerprint density at radius 2 is 1.71 bits per heavy atom. The van der Waals surface area contributed by atoms with Crippen molar-refractivity contribution in [3.8, 4) is 0 Å². The molecule has 0 aliphatic rings. The van der Waals surface area contributed by atoms with Crippen LogP contribution in [0.2, 0.25) is 5.02 Å². The lowest BCUT2D eigenvalue weighted by Crippen LogP contribution is -2.14. The second-order valence-corrected chi connectivity index (χ2v) is 8.47. The number of para-hydroxylation sites is 1. The Bertz CT molecular complexity index is 1260. The quantitative estimate of drug-likeness (QED) is 0.340. The molecule has 31 heavy (non-hydrogen) atoms. The minimum Gasteiger partial charge on any atom is -0.321 e. The number of amides is 2. The third-order valence-electron chi connectivity index (χ3n) is 5.04. The third kappa shape index (κ3) is 4.33. The normalized spacial score (nSPS) is 10.9. The Hall–Kier alpha value is -3.16. The summed E-state index contributed by atoms with van der Waals surface area (Å²) in [6.07, 6.45) is 1.66. The van der Waals surface area contributed by atoms with E-state index in [0.29, 0.717) is 31.5 Å². The Morgan fingerprint density at radius 3 is 2.39 bits per heavy atom. The van der Waals surface area contributed by atoms with Crippen LogP contribution in [0, 0.1) is 0 Å². The topological polar surface area (TPSA) is 86.9 Å². The maximum Gasteiger partial charge on any atom is 0.265 e. The number of fused-ring (bicyclic) bond motifs is 1. The van der Waals surface area contributed by atoms with Gasteiger partial charge in [-0.3, -0.25) is 14.7 Å². The summed E-state index contributed by atoms with van der Waals surface area (Å²) < 4.78 is 0. The minimum atomic E-state index is -0.310. The average Bonchev–Trinajstić information content (AvgIpc) is 3.36. The highest BCUT2D eigenvalue weighted by Gasteiger charge is 2.18. The van der Waals surface area contributed by atoms with Crippen LogP contribution in [-0.2, 0) is 12.8 Å². The number of nitrogens with zero attached hydrogens (tertiary/aromatic N) is 1. The molecule has 2 heterocycles. The zero-order chi connectivity index (χ0) is 22.0. The van der Waals surface area contributed by atoms with Crippen molar-refractivity contribution >= 4 is 56.5 Å². The number of benzene rings is 2. The van der Waals surface area contributed by atoms with Gasteiger partial charge in [0.1, 0.15) is 10.6 Å². The lowest BCUT2D eigenvalue weighted by molar-refractivity contribution is 0.102. The van der Waals surface area contributed by atoms with Crippen molar-refractivity contribution in [1.82, 2.24) is 10.2 Å². The summed E-state index contributed by atoms with van der Waals surface area (Å²) in [5, 5.41) is 14.1. The van der Waals surface area contributed by atoms with E-state index in [1.54, 1.807) is 30.3 Å². The zero-order valence-corrected chi connectivity index (χ0v) is 18.7. The number of rotatable bonds is 6. The molecule has 0 aliphatic carbocycles. The molecule has 2 amide bonds. The van der Waals surface area contributed by atoms with Gasteiger partial charge >= 0.3 is 0 Å². The van der Waals surface area contributed by atoms with Crippen LogP contribution in [-0.4, -0.2) is 22.0 Å². The van der Waals surface area contributed by atoms with E-state index in [1.807, 2.05) is 18.2 Å². The number of hydrogen-bond acceptors (Lipinski definition) is 4.